The van der Waals surface area contributed by atoms with Crippen LogP contribution in [0.15, 0.2) is 28.7 Å². The molecule has 0 spiro atoms. The van der Waals surface area contributed by atoms with Crippen LogP contribution in [-0.4, -0.2) is 20.5 Å². The third-order valence-corrected chi connectivity index (χ3v) is 3.41. The first kappa shape index (κ1) is 13.9. The van der Waals surface area contributed by atoms with Gasteiger partial charge in [0.25, 0.3) is 0 Å². The van der Waals surface area contributed by atoms with Crippen molar-refractivity contribution in [2.24, 2.45) is 0 Å². The third kappa shape index (κ3) is 3.29. The first-order chi connectivity index (χ1) is 9.13. The Morgan fingerprint density at radius 1 is 1.21 bits per heavy atom. The van der Waals surface area contributed by atoms with Crippen molar-refractivity contribution >= 4 is 21.7 Å². The summed E-state index contributed by atoms with van der Waals surface area (Å²) in [4.78, 5) is 16.6. The average molecular weight is 322 g/mol. The molecule has 0 saturated carbocycles. The maximum Gasteiger partial charge on any atom is 0.184 e. The van der Waals surface area contributed by atoms with Crippen molar-refractivity contribution in [1.29, 1.82) is 0 Å². The zero-order chi connectivity index (χ0) is 13.8. The van der Waals surface area contributed by atoms with Crippen LogP contribution < -0.4 is 0 Å². The molecule has 0 fully saturated rings. The second-order valence-electron chi connectivity index (χ2n) is 4.24. The molecular formula is C14H16BrN3O. The van der Waals surface area contributed by atoms with Crippen LogP contribution in [0.1, 0.15) is 35.9 Å². The Hall–Kier alpha value is -1.49. The van der Waals surface area contributed by atoms with Gasteiger partial charge in [0.2, 0.25) is 0 Å². The van der Waals surface area contributed by atoms with Crippen molar-refractivity contribution in [3.8, 4) is 0 Å². The molecule has 0 atom stereocenters. The standard InChI is InChI=1S/C14H16BrN3O/c1-3-13-16-14(4-2)18(17-13)9-12(19)10-5-7-11(15)8-6-10/h5-8H,3-4,9H2,1-2H3. The molecule has 19 heavy (non-hydrogen) atoms. The van der Waals surface area contributed by atoms with Gasteiger partial charge >= 0.3 is 0 Å². The largest absolute Gasteiger partial charge is 0.292 e. The zero-order valence-corrected chi connectivity index (χ0v) is 12.6. The second-order valence-corrected chi connectivity index (χ2v) is 5.15. The fourth-order valence-electron chi connectivity index (χ4n) is 1.83. The molecule has 100 valence electrons. The fraction of sp³-hybridized carbons (Fsp3) is 0.357. The molecule has 0 aliphatic carbocycles. The Morgan fingerprint density at radius 2 is 1.89 bits per heavy atom. The van der Waals surface area contributed by atoms with Gasteiger partial charge in [0.1, 0.15) is 12.4 Å². The quantitative estimate of drug-likeness (QED) is 0.795. The summed E-state index contributed by atoms with van der Waals surface area (Å²) in [5, 5.41) is 4.36. The molecule has 0 amide bonds. The van der Waals surface area contributed by atoms with E-state index >= 15 is 0 Å². The minimum atomic E-state index is 0.0507. The van der Waals surface area contributed by atoms with Crippen LogP contribution in [-0.2, 0) is 19.4 Å². The molecule has 0 saturated heterocycles. The van der Waals surface area contributed by atoms with Gasteiger partial charge in [0.05, 0.1) is 0 Å². The van der Waals surface area contributed by atoms with Crippen molar-refractivity contribution in [3.05, 3.63) is 46.0 Å². The first-order valence-electron chi connectivity index (χ1n) is 6.35. The Morgan fingerprint density at radius 3 is 2.47 bits per heavy atom. The third-order valence-electron chi connectivity index (χ3n) is 2.88. The van der Waals surface area contributed by atoms with Crippen molar-refractivity contribution in [3.63, 3.8) is 0 Å². The number of aromatic nitrogens is 3. The molecule has 1 aromatic carbocycles. The van der Waals surface area contributed by atoms with Crippen LogP contribution in [0.25, 0.3) is 0 Å². The molecule has 2 aromatic rings. The van der Waals surface area contributed by atoms with Crippen molar-refractivity contribution in [1.82, 2.24) is 14.8 Å². The number of ketones is 1. The van der Waals surface area contributed by atoms with Gasteiger partial charge in [-0.3, -0.25) is 4.79 Å². The monoisotopic (exact) mass is 321 g/mol. The maximum absolute atomic E-state index is 12.2. The number of hydrogen-bond donors (Lipinski definition) is 0. The van der Waals surface area contributed by atoms with Gasteiger partial charge in [-0.15, -0.1) is 0 Å². The van der Waals surface area contributed by atoms with Crippen LogP contribution in [0.3, 0.4) is 0 Å². The molecule has 1 aromatic heterocycles. The summed E-state index contributed by atoms with van der Waals surface area (Å²) in [5.74, 6) is 1.71. The summed E-state index contributed by atoms with van der Waals surface area (Å²) in [6.07, 6.45) is 1.56. The summed E-state index contributed by atoms with van der Waals surface area (Å²) in [7, 11) is 0. The average Bonchev–Trinajstić information content (AvgIpc) is 2.81. The van der Waals surface area contributed by atoms with Crippen LogP contribution in [0.4, 0.5) is 0 Å². The lowest BCUT2D eigenvalue weighted by atomic mass is 10.1. The summed E-state index contributed by atoms with van der Waals surface area (Å²) in [6.45, 7) is 4.28. The van der Waals surface area contributed by atoms with Gasteiger partial charge in [-0.2, -0.15) is 5.10 Å². The van der Waals surface area contributed by atoms with Crippen molar-refractivity contribution in [2.45, 2.75) is 33.2 Å². The number of aryl methyl sites for hydroxylation is 2. The molecule has 2 rings (SSSR count). The number of carbonyl (C=O) groups is 1. The number of Topliss-reactive ketones (excluding diaryl/α,β-unsaturated/α-hetero) is 1. The molecule has 4 nitrogen and oxygen atoms in total. The number of rotatable bonds is 5. The molecule has 0 aliphatic heterocycles. The second kappa shape index (κ2) is 6.10. The van der Waals surface area contributed by atoms with E-state index in [1.165, 1.54) is 0 Å². The van der Waals surface area contributed by atoms with E-state index in [0.717, 1.165) is 29.0 Å². The highest BCUT2D eigenvalue weighted by Gasteiger charge is 2.12. The summed E-state index contributed by atoms with van der Waals surface area (Å²) >= 11 is 3.36. The number of hydrogen-bond acceptors (Lipinski definition) is 3. The molecular weight excluding hydrogens is 306 g/mol. The lowest BCUT2D eigenvalue weighted by Gasteiger charge is -2.04. The Bertz CT molecular complexity index is 575. The van der Waals surface area contributed by atoms with Gasteiger partial charge in [-0.1, -0.05) is 41.9 Å². The van der Waals surface area contributed by atoms with Gasteiger partial charge in [-0.05, 0) is 12.1 Å². The predicted molar refractivity (Wildman–Crippen MR) is 77.3 cm³/mol. The Balaban J connectivity index is 2.18. The highest BCUT2D eigenvalue weighted by atomic mass is 79.9. The van der Waals surface area contributed by atoms with Gasteiger partial charge in [0.15, 0.2) is 11.6 Å². The lowest BCUT2D eigenvalue weighted by Crippen LogP contribution is -2.14. The number of carbonyl (C=O) groups excluding carboxylic acids is 1. The Labute approximate surface area is 121 Å². The maximum atomic E-state index is 12.2. The molecule has 0 bridgehead atoms. The van der Waals surface area contributed by atoms with Crippen molar-refractivity contribution in [2.75, 3.05) is 0 Å². The minimum absolute atomic E-state index is 0.0507. The molecule has 0 aliphatic rings. The van der Waals surface area contributed by atoms with Gasteiger partial charge in [-0.25, -0.2) is 9.67 Å². The van der Waals surface area contributed by atoms with Crippen LogP contribution in [0, 0.1) is 0 Å². The van der Waals surface area contributed by atoms with E-state index in [-0.39, 0.29) is 12.3 Å². The Kier molecular flexibility index (Phi) is 4.47. The number of benzene rings is 1. The molecule has 0 unspecified atom stereocenters. The van der Waals surface area contributed by atoms with Crippen LogP contribution >= 0.6 is 15.9 Å². The minimum Gasteiger partial charge on any atom is -0.292 e. The summed E-state index contributed by atoms with van der Waals surface area (Å²) in [6, 6.07) is 7.37. The van der Waals surface area contributed by atoms with Crippen LogP contribution in [0.2, 0.25) is 0 Å². The summed E-state index contributed by atoms with van der Waals surface area (Å²) < 4.78 is 2.68. The predicted octanol–water partition coefficient (Wildman–Crippen LogP) is 3.05. The van der Waals surface area contributed by atoms with E-state index in [2.05, 4.69) is 26.0 Å². The van der Waals surface area contributed by atoms with Gasteiger partial charge < -0.3 is 0 Å². The highest BCUT2D eigenvalue weighted by Crippen LogP contribution is 2.12. The topological polar surface area (TPSA) is 47.8 Å². The van der Waals surface area contributed by atoms with Crippen LogP contribution in [0.5, 0.6) is 0 Å². The normalized spacial score (nSPS) is 10.7. The van der Waals surface area contributed by atoms with E-state index < -0.39 is 0 Å². The number of nitrogens with zero attached hydrogens (tertiary/aromatic N) is 3. The molecule has 5 heteroatoms. The highest BCUT2D eigenvalue weighted by molar-refractivity contribution is 9.10. The zero-order valence-electron chi connectivity index (χ0n) is 11.1. The van der Waals surface area contributed by atoms with E-state index in [1.54, 1.807) is 4.68 Å². The number of halogens is 1. The first-order valence-corrected chi connectivity index (χ1v) is 7.14. The molecule has 1 heterocycles. The smallest absolute Gasteiger partial charge is 0.184 e. The van der Waals surface area contributed by atoms with E-state index in [4.69, 9.17) is 0 Å². The SMILES string of the molecule is CCc1nc(CC)n(CC(=O)c2ccc(Br)cc2)n1. The van der Waals surface area contributed by atoms with E-state index in [1.807, 2.05) is 38.1 Å². The van der Waals surface area contributed by atoms with Crippen molar-refractivity contribution < 1.29 is 4.79 Å². The van der Waals surface area contributed by atoms with E-state index in [0.29, 0.717) is 5.56 Å². The fourth-order valence-corrected chi connectivity index (χ4v) is 2.09. The summed E-state index contributed by atoms with van der Waals surface area (Å²) in [5.41, 5.74) is 0.693. The lowest BCUT2D eigenvalue weighted by molar-refractivity contribution is 0.0966. The molecule has 0 radical (unpaired) electrons. The van der Waals surface area contributed by atoms with E-state index in [9.17, 15) is 4.79 Å². The van der Waals surface area contributed by atoms with Gasteiger partial charge in [0, 0.05) is 22.9 Å². The molecule has 0 N–H and O–H groups in total.